The molecule has 1 aromatic carbocycles. The third kappa shape index (κ3) is 3.64. The van der Waals surface area contributed by atoms with E-state index in [1.165, 1.54) is 24.3 Å². The Balaban J connectivity index is 0.00000196. The molecule has 0 fully saturated rings. The van der Waals surface area contributed by atoms with Crippen LogP contribution in [0.25, 0.3) is 5.73 Å². The molecule has 0 saturated heterocycles. The molecular formula is C9H7NNaO4. The summed E-state index contributed by atoms with van der Waals surface area (Å²) in [5.74, 6) is -2.46. The normalized spacial score (nSPS) is 11.3. The Morgan fingerprint density at radius 3 is 1.93 bits per heavy atom. The van der Waals surface area contributed by atoms with E-state index in [-0.39, 0.29) is 40.7 Å². The Morgan fingerprint density at radius 1 is 1.13 bits per heavy atom. The van der Waals surface area contributed by atoms with Crippen molar-refractivity contribution in [2.75, 3.05) is 0 Å². The summed E-state index contributed by atoms with van der Waals surface area (Å²) < 4.78 is 0. The number of carboxylic acids is 2. The van der Waals surface area contributed by atoms with E-state index in [9.17, 15) is 9.59 Å². The summed E-state index contributed by atoms with van der Waals surface area (Å²) in [7, 11) is 0. The number of nitrogens with zero attached hydrogens (tertiary/aromatic N) is 1. The van der Waals surface area contributed by atoms with Gasteiger partial charge in [0.2, 0.25) is 0 Å². The van der Waals surface area contributed by atoms with Crippen LogP contribution in [0.5, 0.6) is 0 Å². The molecule has 15 heavy (non-hydrogen) atoms. The van der Waals surface area contributed by atoms with E-state index in [0.717, 1.165) is 0 Å². The molecule has 1 aromatic rings. The molecule has 0 bridgehead atoms. The van der Waals surface area contributed by atoms with Crippen LogP contribution in [0.2, 0.25) is 0 Å². The fourth-order valence-electron chi connectivity index (χ4n) is 0.951. The number of rotatable bonds is 3. The third-order valence-electron chi connectivity index (χ3n) is 1.71. The molecule has 0 aliphatic rings. The van der Waals surface area contributed by atoms with Crippen LogP contribution in [-0.4, -0.2) is 22.2 Å². The molecule has 0 aliphatic heterocycles. The van der Waals surface area contributed by atoms with Crippen molar-refractivity contribution >= 4 is 11.9 Å². The molecule has 73 valence electrons. The molecule has 6 heteroatoms. The van der Waals surface area contributed by atoms with Crippen LogP contribution in [0, 0.1) is 0 Å². The number of carboxylic acid groups (broad SMARTS) is 2. The fourth-order valence-corrected chi connectivity index (χ4v) is 0.951. The zero-order valence-corrected chi connectivity index (χ0v) is 10.0. The van der Waals surface area contributed by atoms with E-state index in [1.54, 1.807) is 0 Å². The zero-order chi connectivity index (χ0) is 10.7. The van der Waals surface area contributed by atoms with Gasteiger partial charge in [0.25, 0.3) is 5.97 Å². The molecular weight excluding hydrogens is 209 g/mol. The van der Waals surface area contributed by atoms with Crippen LogP contribution in [-0.2, 0) is 4.79 Å². The number of hydrogen-bond acceptors (Lipinski definition) is 2. The first-order valence-corrected chi connectivity index (χ1v) is 3.76. The maximum Gasteiger partial charge on any atom is 1.00 e. The second kappa shape index (κ2) is 5.87. The number of aromatic carboxylic acids is 1. The van der Waals surface area contributed by atoms with E-state index in [2.05, 4.69) is 0 Å². The molecule has 0 aliphatic carbocycles. The third-order valence-corrected chi connectivity index (χ3v) is 1.71. The number of carbonyl (C=O) groups is 2. The predicted octanol–water partition coefficient (Wildman–Crippen LogP) is -1.65. The first-order chi connectivity index (χ1) is 6.52. The smallest absolute Gasteiger partial charge is 0.791 e. The van der Waals surface area contributed by atoms with Gasteiger partial charge in [-0.3, -0.25) is 4.79 Å². The van der Waals surface area contributed by atoms with Crippen molar-refractivity contribution in [1.82, 2.24) is 0 Å². The summed E-state index contributed by atoms with van der Waals surface area (Å²) in [6, 6.07) is 3.40. The molecule has 0 saturated carbocycles. The van der Waals surface area contributed by atoms with Gasteiger partial charge in [0.05, 0.1) is 5.56 Å². The second-order valence-corrected chi connectivity index (χ2v) is 2.67. The number of benzene rings is 1. The fraction of sp³-hybridized carbons (Fsp3) is 0.111. The monoisotopic (exact) mass is 216 g/mol. The molecule has 1 radical (unpaired) electrons. The van der Waals surface area contributed by atoms with Gasteiger partial charge in [-0.1, -0.05) is 17.7 Å². The minimum atomic E-state index is -1.61. The number of hydrogen-bond donors (Lipinski definition) is 2. The predicted molar refractivity (Wildman–Crippen MR) is 47.1 cm³/mol. The van der Waals surface area contributed by atoms with Crippen LogP contribution in [0.4, 0.5) is 0 Å². The van der Waals surface area contributed by atoms with Crippen molar-refractivity contribution in [3.8, 4) is 0 Å². The molecule has 0 amide bonds. The van der Waals surface area contributed by atoms with Crippen LogP contribution < -0.4 is 29.6 Å². The Labute approximate surface area is 108 Å². The Morgan fingerprint density at radius 2 is 1.60 bits per heavy atom. The van der Waals surface area contributed by atoms with Gasteiger partial charge in [0, 0.05) is 0 Å². The van der Waals surface area contributed by atoms with Gasteiger partial charge in [0.15, 0.2) is 0 Å². The summed E-state index contributed by atoms with van der Waals surface area (Å²) in [5, 5.41) is 17.0. The van der Waals surface area contributed by atoms with E-state index in [0.29, 0.717) is 0 Å². The quantitative estimate of drug-likeness (QED) is 0.592. The molecule has 0 spiro atoms. The van der Waals surface area contributed by atoms with E-state index in [1.807, 2.05) is 0 Å². The zero-order valence-electron chi connectivity index (χ0n) is 8.04. The summed E-state index contributed by atoms with van der Waals surface area (Å²) >= 11 is 0. The maximum atomic E-state index is 10.4. The van der Waals surface area contributed by atoms with Gasteiger partial charge in [-0.25, -0.2) is 4.79 Å². The van der Waals surface area contributed by atoms with Crippen molar-refractivity contribution in [2.45, 2.75) is 6.04 Å². The molecule has 5 nitrogen and oxygen atoms in total. The minimum Gasteiger partial charge on any atom is -0.791 e. The standard InChI is InChI=1S/C9H7NO4.Na/c10-7(9(13)14)5-1-3-6(4-2-5)8(11)12;/h1-4,7H,(H,11,12)(H,13,14);/q-1;+1. The largest absolute Gasteiger partial charge is 1.00 e. The van der Waals surface area contributed by atoms with E-state index < -0.39 is 18.0 Å². The van der Waals surface area contributed by atoms with Crippen LogP contribution >= 0.6 is 0 Å². The van der Waals surface area contributed by atoms with Gasteiger partial charge in [-0.15, -0.1) is 0 Å². The van der Waals surface area contributed by atoms with Crippen molar-refractivity contribution < 1.29 is 49.4 Å². The summed E-state index contributed by atoms with van der Waals surface area (Å²) in [6.45, 7) is 0. The van der Waals surface area contributed by atoms with Gasteiger partial charge < -0.3 is 15.9 Å². The van der Waals surface area contributed by atoms with Crippen molar-refractivity contribution in [3.63, 3.8) is 0 Å². The van der Waals surface area contributed by atoms with Crippen molar-refractivity contribution in [3.05, 3.63) is 41.1 Å². The SMILES string of the molecule is [N-]C(C(=O)O)c1ccc(C(=O)O)cc1.[Na+]. The van der Waals surface area contributed by atoms with Crippen molar-refractivity contribution in [2.24, 2.45) is 0 Å². The summed E-state index contributed by atoms with van der Waals surface area (Å²) in [6.07, 6.45) is 0. The minimum absolute atomic E-state index is 0. The van der Waals surface area contributed by atoms with Crippen LogP contribution in [0.15, 0.2) is 24.3 Å². The first-order valence-electron chi connectivity index (χ1n) is 3.76. The number of aliphatic carboxylic acids is 1. The van der Waals surface area contributed by atoms with Gasteiger partial charge in [-0.05, 0) is 18.2 Å². The molecule has 1 unspecified atom stereocenters. The average Bonchev–Trinajstić information content (AvgIpc) is 2.16. The summed E-state index contributed by atoms with van der Waals surface area (Å²) in [4.78, 5) is 20.8. The maximum absolute atomic E-state index is 10.4. The Bertz CT molecular complexity index is 363. The van der Waals surface area contributed by atoms with Crippen LogP contribution in [0.1, 0.15) is 22.0 Å². The average molecular weight is 216 g/mol. The van der Waals surface area contributed by atoms with Gasteiger partial charge >= 0.3 is 35.5 Å². The van der Waals surface area contributed by atoms with Gasteiger partial charge in [0.1, 0.15) is 0 Å². The Hall–Kier alpha value is -0.880. The molecule has 0 heterocycles. The first kappa shape index (κ1) is 14.1. The van der Waals surface area contributed by atoms with E-state index in [4.69, 9.17) is 15.9 Å². The molecule has 2 N–H and O–H groups in total. The molecule has 0 aromatic heterocycles. The van der Waals surface area contributed by atoms with Crippen LogP contribution in [0.3, 0.4) is 0 Å². The topological polar surface area (TPSA) is 96.9 Å². The van der Waals surface area contributed by atoms with E-state index >= 15 is 0 Å². The Kier molecular flexibility index (Phi) is 5.53. The second-order valence-electron chi connectivity index (χ2n) is 2.67. The molecule has 1 atom stereocenters. The van der Waals surface area contributed by atoms with Gasteiger partial charge in [-0.2, -0.15) is 0 Å². The molecule has 1 rings (SSSR count). The summed E-state index contributed by atoms with van der Waals surface area (Å²) in [5.41, 5.74) is 9.28. The van der Waals surface area contributed by atoms with Crippen molar-refractivity contribution in [1.29, 1.82) is 0 Å².